The highest BCUT2D eigenvalue weighted by molar-refractivity contribution is 5.79. The SMILES string of the molecule is CN(CCc1ccc(F)cc1)C(=O)[C@@H]1CCC[C@@H]1CN. The Labute approximate surface area is 120 Å². The number of nitrogens with two attached hydrogens (primary N) is 1. The molecule has 0 aromatic heterocycles. The van der Waals surface area contributed by atoms with Crippen LogP contribution in [0.3, 0.4) is 0 Å². The molecular weight excluding hydrogens is 255 g/mol. The highest BCUT2D eigenvalue weighted by Gasteiger charge is 2.33. The summed E-state index contributed by atoms with van der Waals surface area (Å²) in [5.41, 5.74) is 6.78. The van der Waals surface area contributed by atoms with E-state index in [1.54, 1.807) is 17.0 Å². The van der Waals surface area contributed by atoms with E-state index in [1.165, 1.54) is 12.1 Å². The molecule has 2 rings (SSSR count). The Kier molecular flexibility index (Phi) is 5.12. The Bertz CT molecular complexity index is 446. The molecule has 0 aliphatic heterocycles. The predicted octanol–water partition coefficient (Wildman–Crippen LogP) is 2.20. The number of carbonyl (C=O) groups is 1. The molecule has 110 valence electrons. The summed E-state index contributed by atoms with van der Waals surface area (Å²) in [5, 5.41) is 0. The summed E-state index contributed by atoms with van der Waals surface area (Å²) >= 11 is 0. The normalized spacial score (nSPS) is 21.9. The molecule has 1 aliphatic rings. The van der Waals surface area contributed by atoms with Crippen LogP contribution >= 0.6 is 0 Å². The first-order valence-corrected chi connectivity index (χ1v) is 7.31. The molecule has 0 unspecified atom stereocenters. The second-order valence-corrected chi connectivity index (χ2v) is 5.67. The van der Waals surface area contributed by atoms with E-state index in [0.717, 1.165) is 31.2 Å². The molecule has 0 spiro atoms. The van der Waals surface area contributed by atoms with Crippen molar-refractivity contribution in [3.8, 4) is 0 Å². The van der Waals surface area contributed by atoms with Crippen molar-refractivity contribution in [1.82, 2.24) is 4.90 Å². The molecule has 1 fully saturated rings. The largest absolute Gasteiger partial charge is 0.345 e. The second kappa shape index (κ2) is 6.84. The molecule has 1 aliphatic carbocycles. The number of amides is 1. The van der Waals surface area contributed by atoms with Crippen LogP contribution in [-0.4, -0.2) is 30.9 Å². The van der Waals surface area contributed by atoms with Crippen LogP contribution in [0.1, 0.15) is 24.8 Å². The second-order valence-electron chi connectivity index (χ2n) is 5.67. The minimum absolute atomic E-state index is 0.0956. The Morgan fingerprint density at radius 2 is 2.05 bits per heavy atom. The van der Waals surface area contributed by atoms with Gasteiger partial charge in [0.1, 0.15) is 5.82 Å². The molecule has 1 aromatic carbocycles. The van der Waals surface area contributed by atoms with Crippen molar-refractivity contribution in [2.75, 3.05) is 20.1 Å². The van der Waals surface area contributed by atoms with Gasteiger partial charge in [0.2, 0.25) is 5.91 Å². The van der Waals surface area contributed by atoms with Crippen LogP contribution in [0, 0.1) is 17.7 Å². The van der Waals surface area contributed by atoms with Crippen molar-refractivity contribution in [3.05, 3.63) is 35.6 Å². The standard InChI is InChI=1S/C16H23FN2O/c1-19(10-9-12-5-7-14(17)8-6-12)16(20)15-4-2-3-13(15)11-18/h5-8,13,15H,2-4,9-11,18H2,1H3/t13-,15-/m1/s1. The fourth-order valence-electron chi connectivity index (χ4n) is 2.99. The van der Waals surface area contributed by atoms with Gasteiger partial charge in [-0.25, -0.2) is 4.39 Å². The van der Waals surface area contributed by atoms with E-state index in [-0.39, 0.29) is 17.6 Å². The number of carbonyl (C=O) groups excluding carboxylic acids is 1. The van der Waals surface area contributed by atoms with Gasteiger partial charge in [-0.15, -0.1) is 0 Å². The van der Waals surface area contributed by atoms with E-state index in [1.807, 2.05) is 7.05 Å². The number of hydrogen-bond donors (Lipinski definition) is 1. The molecule has 1 aromatic rings. The first-order valence-electron chi connectivity index (χ1n) is 7.31. The molecule has 1 amide bonds. The summed E-state index contributed by atoms with van der Waals surface area (Å²) in [4.78, 5) is 14.2. The summed E-state index contributed by atoms with van der Waals surface area (Å²) < 4.78 is 12.8. The third kappa shape index (κ3) is 3.57. The quantitative estimate of drug-likeness (QED) is 0.897. The van der Waals surface area contributed by atoms with E-state index in [9.17, 15) is 9.18 Å². The monoisotopic (exact) mass is 278 g/mol. The molecule has 0 bridgehead atoms. The van der Waals surface area contributed by atoms with Crippen molar-refractivity contribution >= 4 is 5.91 Å². The third-order valence-electron chi connectivity index (χ3n) is 4.30. The summed E-state index contributed by atoms with van der Waals surface area (Å²) in [6, 6.07) is 6.45. The van der Waals surface area contributed by atoms with Crippen molar-refractivity contribution in [2.45, 2.75) is 25.7 Å². The molecule has 4 heteroatoms. The van der Waals surface area contributed by atoms with Gasteiger partial charge in [0.25, 0.3) is 0 Å². The van der Waals surface area contributed by atoms with Crippen LogP contribution < -0.4 is 5.73 Å². The maximum absolute atomic E-state index is 12.8. The van der Waals surface area contributed by atoms with Gasteiger partial charge in [-0.3, -0.25) is 4.79 Å². The fourth-order valence-corrected chi connectivity index (χ4v) is 2.99. The summed E-state index contributed by atoms with van der Waals surface area (Å²) in [7, 11) is 1.84. The average Bonchev–Trinajstić information content (AvgIpc) is 2.94. The van der Waals surface area contributed by atoms with E-state index < -0.39 is 0 Å². The summed E-state index contributed by atoms with van der Waals surface area (Å²) in [5.74, 6) is 0.420. The Hall–Kier alpha value is -1.42. The molecule has 0 radical (unpaired) electrons. The van der Waals surface area contributed by atoms with E-state index in [4.69, 9.17) is 5.73 Å². The zero-order valence-electron chi connectivity index (χ0n) is 12.0. The van der Waals surface area contributed by atoms with Gasteiger partial charge in [0.05, 0.1) is 0 Å². The Morgan fingerprint density at radius 3 is 2.70 bits per heavy atom. The first-order chi connectivity index (χ1) is 9.61. The van der Waals surface area contributed by atoms with Crippen molar-refractivity contribution in [3.63, 3.8) is 0 Å². The van der Waals surface area contributed by atoms with Crippen LogP contribution in [-0.2, 0) is 11.2 Å². The van der Waals surface area contributed by atoms with Crippen LogP contribution in [0.4, 0.5) is 4.39 Å². The molecule has 1 saturated carbocycles. The number of likely N-dealkylation sites (N-methyl/N-ethyl adjacent to an activating group) is 1. The number of hydrogen-bond acceptors (Lipinski definition) is 2. The Morgan fingerprint density at radius 1 is 1.35 bits per heavy atom. The summed E-state index contributed by atoms with van der Waals surface area (Å²) in [6.45, 7) is 1.26. The molecule has 0 saturated heterocycles. The highest BCUT2D eigenvalue weighted by Crippen LogP contribution is 2.32. The number of rotatable bonds is 5. The lowest BCUT2D eigenvalue weighted by Crippen LogP contribution is -2.37. The van der Waals surface area contributed by atoms with Crippen LogP contribution in [0.5, 0.6) is 0 Å². The van der Waals surface area contributed by atoms with E-state index >= 15 is 0 Å². The zero-order valence-corrected chi connectivity index (χ0v) is 12.0. The van der Waals surface area contributed by atoms with Gasteiger partial charge in [0, 0.05) is 19.5 Å². The molecular formula is C16H23FN2O. The van der Waals surface area contributed by atoms with Gasteiger partial charge in [0.15, 0.2) is 0 Å². The summed E-state index contributed by atoms with van der Waals surface area (Å²) in [6.07, 6.45) is 3.88. The maximum Gasteiger partial charge on any atom is 0.225 e. The fraction of sp³-hybridized carbons (Fsp3) is 0.562. The molecule has 2 N–H and O–H groups in total. The van der Waals surface area contributed by atoms with E-state index in [2.05, 4.69) is 0 Å². The molecule has 2 atom stereocenters. The predicted molar refractivity (Wildman–Crippen MR) is 77.6 cm³/mol. The van der Waals surface area contributed by atoms with Gasteiger partial charge < -0.3 is 10.6 Å². The lowest BCUT2D eigenvalue weighted by molar-refractivity contribution is -0.135. The van der Waals surface area contributed by atoms with Crippen LogP contribution in [0.2, 0.25) is 0 Å². The first kappa shape index (κ1) is 15.0. The smallest absolute Gasteiger partial charge is 0.225 e. The minimum Gasteiger partial charge on any atom is -0.345 e. The third-order valence-corrected chi connectivity index (χ3v) is 4.30. The molecule has 0 heterocycles. The average molecular weight is 278 g/mol. The van der Waals surface area contributed by atoms with Crippen LogP contribution in [0.25, 0.3) is 0 Å². The van der Waals surface area contributed by atoms with Gasteiger partial charge in [-0.1, -0.05) is 18.6 Å². The molecule has 20 heavy (non-hydrogen) atoms. The lowest BCUT2D eigenvalue weighted by atomic mass is 9.95. The topological polar surface area (TPSA) is 46.3 Å². The van der Waals surface area contributed by atoms with Crippen molar-refractivity contribution < 1.29 is 9.18 Å². The van der Waals surface area contributed by atoms with Gasteiger partial charge in [-0.2, -0.15) is 0 Å². The van der Waals surface area contributed by atoms with Gasteiger partial charge in [-0.05, 0) is 49.4 Å². The highest BCUT2D eigenvalue weighted by atomic mass is 19.1. The zero-order chi connectivity index (χ0) is 14.5. The Balaban J connectivity index is 1.86. The number of halogens is 1. The van der Waals surface area contributed by atoms with E-state index in [0.29, 0.717) is 19.0 Å². The molecule has 3 nitrogen and oxygen atoms in total. The van der Waals surface area contributed by atoms with Crippen molar-refractivity contribution in [1.29, 1.82) is 0 Å². The lowest BCUT2D eigenvalue weighted by Gasteiger charge is -2.24. The van der Waals surface area contributed by atoms with Crippen molar-refractivity contribution in [2.24, 2.45) is 17.6 Å². The van der Waals surface area contributed by atoms with Crippen LogP contribution in [0.15, 0.2) is 24.3 Å². The minimum atomic E-state index is -0.227. The van der Waals surface area contributed by atoms with Gasteiger partial charge >= 0.3 is 0 Å². The number of benzene rings is 1. The maximum atomic E-state index is 12.8. The number of nitrogens with zero attached hydrogens (tertiary/aromatic N) is 1.